The molecule has 0 aromatic carbocycles. The van der Waals surface area contributed by atoms with Crippen molar-refractivity contribution in [1.29, 1.82) is 0 Å². The first kappa shape index (κ1) is 19.5. The molecule has 8 heteroatoms. The van der Waals surface area contributed by atoms with E-state index in [-0.39, 0.29) is 0 Å². The van der Waals surface area contributed by atoms with Gasteiger partial charge in [0.25, 0.3) is 0 Å². The van der Waals surface area contributed by atoms with Gasteiger partial charge in [-0.1, -0.05) is 0 Å². The summed E-state index contributed by atoms with van der Waals surface area (Å²) < 4.78 is 9.60. The maximum atomic E-state index is 5.42. The lowest BCUT2D eigenvalue weighted by molar-refractivity contribution is 0.0369. The molecule has 0 spiro atoms. The topological polar surface area (TPSA) is 54.1 Å². The van der Waals surface area contributed by atoms with Crippen LogP contribution in [0.1, 0.15) is 6.42 Å². The molecule has 2 aliphatic rings. The molecule has 0 aliphatic carbocycles. The van der Waals surface area contributed by atoms with Gasteiger partial charge in [0.15, 0.2) is 0 Å². The van der Waals surface area contributed by atoms with Gasteiger partial charge >= 0.3 is 0 Å². The summed E-state index contributed by atoms with van der Waals surface area (Å²) in [6.07, 6.45) is 9.30. The Morgan fingerprint density at radius 1 is 0.967 bits per heavy atom. The average Bonchev–Trinajstić information content (AvgIpc) is 3.42. The third-order valence-corrected chi connectivity index (χ3v) is 6.26. The number of pyridine rings is 1. The second-order valence-corrected chi connectivity index (χ2v) is 8.37. The van der Waals surface area contributed by atoms with Crippen molar-refractivity contribution in [2.45, 2.75) is 13.0 Å². The molecular weight excluding hydrogens is 378 g/mol. The maximum absolute atomic E-state index is 5.42. The Balaban J connectivity index is 1.24. The van der Waals surface area contributed by atoms with Crippen LogP contribution in [-0.4, -0.2) is 95.0 Å². The van der Waals surface area contributed by atoms with Crippen molar-refractivity contribution in [2.75, 3.05) is 71.0 Å². The van der Waals surface area contributed by atoms with Gasteiger partial charge in [0, 0.05) is 70.3 Å². The molecule has 2 aliphatic heterocycles. The number of fused-ring (bicyclic) bond motifs is 1. The summed E-state index contributed by atoms with van der Waals surface area (Å²) in [5.41, 5.74) is 4.49. The van der Waals surface area contributed by atoms with E-state index >= 15 is 0 Å². The van der Waals surface area contributed by atoms with Gasteiger partial charge in [0.1, 0.15) is 0 Å². The summed E-state index contributed by atoms with van der Waals surface area (Å²) in [4.78, 5) is 11.9. The monoisotopic (exact) mass is 409 g/mol. The Morgan fingerprint density at radius 2 is 1.80 bits per heavy atom. The lowest BCUT2D eigenvalue weighted by Crippen LogP contribution is -2.44. The van der Waals surface area contributed by atoms with Crippen LogP contribution in [0.25, 0.3) is 16.8 Å². The van der Waals surface area contributed by atoms with E-state index in [4.69, 9.17) is 4.74 Å². The van der Waals surface area contributed by atoms with E-state index in [1.54, 1.807) is 0 Å². The van der Waals surface area contributed by atoms with Crippen LogP contribution < -0.4 is 4.90 Å². The zero-order valence-electron chi connectivity index (χ0n) is 17.8. The molecule has 0 saturated carbocycles. The van der Waals surface area contributed by atoms with Crippen molar-refractivity contribution in [3.63, 3.8) is 0 Å². The molecule has 160 valence electrons. The SMILES string of the molecule is CN1CCN(c2cnn3cc(-c4cn(CCCN5CCOCC5)cn4)ccc23)CC1. The number of morpholine rings is 1. The first-order chi connectivity index (χ1) is 14.8. The predicted molar refractivity (Wildman–Crippen MR) is 118 cm³/mol. The Morgan fingerprint density at radius 3 is 2.63 bits per heavy atom. The summed E-state index contributed by atoms with van der Waals surface area (Å²) in [5, 5.41) is 4.62. The number of ether oxygens (including phenoxy) is 1. The number of rotatable bonds is 6. The number of hydrogen-bond acceptors (Lipinski definition) is 6. The van der Waals surface area contributed by atoms with Crippen LogP contribution in [-0.2, 0) is 11.3 Å². The Kier molecular flexibility index (Phi) is 5.70. The number of aryl methyl sites for hydroxylation is 1. The van der Waals surface area contributed by atoms with Gasteiger partial charge in [0.05, 0.1) is 42.6 Å². The van der Waals surface area contributed by atoms with Crippen LogP contribution in [0.15, 0.2) is 37.1 Å². The number of imidazole rings is 1. The van der Waals surface area contributed by atoms with Crippen molar-refractivity contribution >= 4 is 11.2 Å². The molecule has 5 rings (SSSR count). The van der Waals surface area contributed by atoms with E-state index in [1.165, 1.54) is 5.69 Å². The zero-order valence-corrected chi connectivity index (χ0v) is 17.8. The van der Waals surface area contributed by atoms with E-state index < -0.39 is 0 Å². The highest BCUT2D eigenvalue weighted by Gasteiger charge is 2.18. The van der Waals surface area contributed by atoms with Crippen molar-refractivity contribution in [3.05, 3.63) is 37.1 Å². The van der Waals surface area contributed by atoms with Gasteiger partial charge in [-0.25, -0.2) is 9.50 Å². The number of aromatic nitrogens is 4. The van der Waals surface area contributed by atoms with Gasteiger partial charge in [-0.15, -0.1) is 0 Å². The van der Waals surface area contributed by atoms with Crippen LogP contribution in [0.2, 0.25) is 0 Å². The standard InChI is InChI=1S/C22H31N7O/c1-25-7-9-28(10-8-25)22-15-24-29-16-19(3-4-21(22)29)20-17-27(18-23-20)6-2-5-26-11-13-30-14-12-26/h3-4,15-18H,2,5-14H2,1H3. The third kappa shape index (κ3) is 4.21. The molecule has 8 nitrogen and oxygen atoms in total. The highest BCUT2D eigenvalue weighted by molar-refractivity contribution is 5.75. The molecular formula is C22H31N7O. The minimum absolute atomic E-state index is 0.863. The average molecular weight is 410 g/mol. The Bertz CT molecular complexity index is 967. The molecule has 2 saturated heterocycles. The van der Waals surface area contributed by atoms with Gasteiger partial charge in [0.2, 0.25) is 0 Å². The second kappa shape index (κ2) is 8.75. The number of hydrogen-bond donors (Lipinski definition) is 0. The molecule has 30 heavy (non-hydrogen) atoms. The van der Waals surface area contributed by atoms with Gasteiger partial charge < -0.3 is 19.1 Å². The number of nitrogens with zero attached hydrogens (tertiary/aromatic N) is 7. The van der Waals surface area contributed by atoms with E-state index in [9.17, 15) is 0 Å². The molecule has 0 radical (unpaired) electrons. The summed E-state index contributed by atoms with van der Waals surface area (Å²) in [6, 6.07) is 4.34. The summed E-state index contributed by atoms with van der Waals surface area (Å²) >= 11 is 0. The second-order valence-electron chi connectivity index (χ2n) is 8.37. The van der Waals surface area contributed by atoms with E-state index in [0.717, 1.165) is 88.8 Å². The smallest absolute Gasteiger partial charge is 0.0953 e. The largest absolute Gasteiger partial charge is 0.379 e. The Hall–Kier alpha value is -2.42. The maximum Gasteiger partial charge on any atom is 0.0953 e. The molecule has 0 atom stereocenters. The van der Waals surface area contributed by atoms with Crippen LogP contribution in [0, 0.1) is 0 Å². The molecule has 2 fully saturated rings. The highest BCUT2D eigenvalue weighted by atomic mass is 16.5. The molecule has 0 amide bonds. The molecule has 0 bridgehead atoms. The van der Waals surface area contributed by atoms with Crippen LogP contribution >= 0.6 is 0 Å². The quantitative estimate of drug-likeness (QED) is 0.617. The normalized spacial score (nSPS) is 19.0. The molecule has 5 heterocycles. The summed E-state index contributed by atoms with van der Waals surface area (Å²) in [6.45, 7) is 10.2. The molecule has 0 N–H and O–H groups in total. The van der Waals surface area contributed by atoms with E-state index in [1.807, 2.05) is 17.0 Å². The fraction of sp³-hybridized carbons (Fsp3) is 0.545. The highest BCUT2D eigenvalue weighted by Crippen LogP contribution is 2.25. The van der Waals surface area contributed by atoms with Gasteiger partial charge in [-0.3, -0.25) is 4.90 Å². The fourth-order valence-electron chi connectivity index (χ4n) is 4.35. The molecule has 3 aromatic rings. The van der Waals surface area contributed by atoms with Crippen molar-refractivity contribution in [2.24, 2.45) is 0 Å². The third-order valence-electron chi connectivity index (χ3n) is 6.26. The van der Waals surface area contributed by atoms with Crippen LogP contribution in [0.5, 0.6) is 0 Å². The van der Waals surface area contributed by atoms with Gasteiger partial charge in [-0.2, -0.15) is 5.10 Å². The lowest BCUT2D eigenvalue weighted by atomic mass is 10.2. The van der Waals surface area contributed by atoms with Crippen molar-refractivity contribution < 1.29 is 4.74 Å². The van der Waals surface area contributed by atoms with Gasteiger partial charge in [-0.05, 0) is 25.6 Å². The minimum atomic E-state index is 0.863. The fourth-order valence-corrected chi connectivity index (χ4v) is 4.35. The predicted octanol–water partition coefficient (Wildman–Crippen LogP) is 1.67. The first-order valence-corrected chi connectivity index (χ1v) is 11.0. The van der Waals surface area contributed by atoms with E-state index in [2.05, 4.69) is 60.9 Å². The molecule has 0 unspecified atom stereocenters. The van der Waals surface area contributed by atoms with Crippen LogP contribution in [0.3, 0.4) is 0 Å². The van der Waals surface area contributed by atoms with Crippen molar-refractivity contribution in [1.82, 2.24) is 29.0 Å². The first-order valence-electron chi connectivity index (χ1n) is 11.0. The number of piperazine rings is 1. The van der Waals surface area contributed by atoms with E-state index in [0.29, 0.717) is 0 Å². The Labute approximate surface area is 177 Å². The lowest BCUT2D eigenvalue weighted by Gasteiger charge is -2.33. The number of likely N-dealkylation sites (N-methyl/N-ethyl adjacent to an activating group) is 1. The van der Waals surface area contributed by atoms with Crippen molar-refractivity contribution in [3.8, 4) is 11.3 Å². The number of anilines is 1. The van der Waals surface area contributed by atoms with Crippen LogP contribution in [0.4, 0.5) is 5.69 Å². The zero-order chi connectivity index (χ0) is 20.3. The summed E-state index contributed by atoms with van der Waals surface area (Å²) in [5.74, 6) is 0. The summed E-state index contributed by atoms with van der Waals surface area (Å²) in [7, 11) is 2.18. The minimum Gasteiger partial charge on any atom is -0.379 e. The molecule has 3 aromatic heterocycles.